The average molecular weight is 358 g/mol. The van der Waals surface area contributed by atoms with Gasteiger partial charge in [-0.1, -0.05) is 11.6 Å². The Balaban J connectivity index is 1.44. The van der Waals surface area contributed by atoms with E-state index >= 15 is 0 Å². The minimum absolute atomic E-state index is 0.249. The molecule has 0 aliphatic heterocycles. The van der Waals surface area contributed by atoms with Crippen molar-refractivity contribution in [2.45, 2.75) is 32.1 Å². The molecule has 0 spiro atoms. The van der Waals surface area contributed by atoms with Crippen LogP contribution in [0.25, 0.3) is 5.69 Å². The molecule has 1 amide bonds. The van der Waals surface area contributed by atoms with Gasteiger partial charge in [0.15, 0.2) is 6.61 Å². The SMILES string of the molecule is O=C(COC(=O)c1sccc1-n1cccc1)NCCC1=CCCCC1. The Morgan fingerprint density at radius 3 is 2.84 bits per heavy atom. The number of nitrogens with zero attached hydrogens (tertiary/aromatic N) is 1. The van der Waals surface area contributed by atoms with Crippen molar-refractivity contribution in [3.63, 3.8) is 0 Å². The average Bonchev–Trinajstić information content (AvgIpc) is 3.31. The number of allylic oxidation sites excluding steroid dienone is 1. The Hall–Kier alpha value is -2.34. The van der Waals surface area contributed by atoms with E-state index in [2.05, 4.69) is 11.4 Å². The molecule has 2 heterocycles. The zero-order valence-electron chi connectivity index (χ0n) is 14.1. The summed E-state index contributed by atoms with van der Waals surface area (Å²) in [5.74, 6) is -0.729. The van der Waals surface area contributed by atoms with Crippen LogP contribution in [0.4, 0.5) is 0 Å². The molecule has 1 aliphatic rings. The number of esters is 1. The number of hydrogen-bond acceptors (Lipinski definition) is 4. The second-order valence-electron chi connectivity index (χ2n) is 6.01. The first kappa shape index (κ1) is 17.5. The van der Waals surface area contributed by atoms with Gasteiger partial charge in [0.2, 0.25) is 0 Å². The number of rotatable bonds is 7. The predicted molar refractivity (Wildman–Crippen MR) is 98.1 cm³/mol. The maximum atomic E-state index is 12.2. The van der Waals surface area contributed by atoms with E-state index in [9.17, 15) is 9.59 Å². The summed E-state index contributed by atoms with van der Waals surface area (Å²) in [6.45, 7) is 0.344. The zero-order valence-corrected chi connectivity index (χ0v) is 14.9. The zero-order chi connectivity index (χ0) is 17.5. The van der Waals surface area contributed by atoms with Crippen LogP contribution in [0.3, 0.4) is 0 Å². The summed E-state index contributed by atoms with van der Waals surface area (Å²) < 4.78 is 7.01. The number of nitrogens with one attached hydrogen (secondary N) is 1. The van der Waals surface area contributed by atoms with Crippen molar-refractivity contribution in [1.82, 2.24) is 9.88 Å². The van der Waals surface area contributed by atoms with Crippen molar-refractivity contribution < 1.29 is 14.3 Å². The van der Waals surface area contributed by atoms with Crippen LogP contribution in [0.2, 0.25) is 0 Å². The molecule has 1 aliphatic carbocycles. The van der Waals surface area contributed by atoms with Crippen molar-refractivity contribution in [2.24, 2.45) is 0 Å². The van der Waals surface area contributed by atoms with Gasteiger partial charge < -0.3 is 14.6 Å². The lowest BCUT2D eigenvalue weighted by atomic mass is 9.97. The van der Waals surface area contributed by atoms with Crippen molar-refractivity contribution in [3.05, 3.63) is 52.5 Å². The van der Waals surface area contributed by atoms with Crippen LogP contribution < -0.4 is 5.32 Å². The van der Waals surface area contributed by atoms with Gasteiger partial charge in [-0.15, -0.1) is 11.3 Å². The second-order valence-corrected chi connectivity index (χ2v) is 6.93. The van der Waals surface area contributed by atoms with Gasteiger partial charge in [0.25, 0.3) is 5.91 Å². The molecule has 0 bridgehead atoms. The minimum atomic E-state index is -0.469. The molecule has 25 heavy (non-hydrogen) atoms. The molecule has 0 atom stereocenters. The summed E-state index contributed by atoms with van der Waals surface area (Å²) in [4.78, 5) is 24.6. The fraction of sp³-hybridized carbons (Fsp3) is 0.368. The molecule has 0 radical (unpaired) electrons. The first-order valence-electron chi connectivity index (χ1n) is 8.56. The van der Waals surface area contributed by atoms with E-state index in [1.807, 2.05) is 40.5 Å². The number of amides is 1. The Kier molecular flexibility index (Phi) is 6.06. The fourth-order valence-corrected chi connectivity index (χ4v) is 3.68. The number of carbonyl (C=O) groups is 2. The van der Waals surface area contributed by atoms with Crippen LogP contribution in [-0.4, -0.2) is 29.6 Å². The normalized spacial score (nSPS) is 14.0. The number of thiophene rings is 1. The molecule has 0 unspecified atom stereocenters. The molecule has 0 saturated heterocycles. The van der Waals surface area contributed by atoms with Crippen LogP contribution in [0.5, 0.6) is 0 Å². The van der Waals surface area contributed by atoms with Gasteiger partial charge in [-0.3, -0.25) is 4.79 Å². The molecule has 2 aromatic rings. The molecule has 1 N–H and O–H groups in total. The predicted octanol–water partition coefficient (Wildman–Crippen LogP) is 3.70. The third-order valence-corrected chi connectivity index (χ3v) is 5.08. The summed E-state index contributed by atoms with van der Waals surface area (Å²) in [7, 11) is 0. The molecule has 6 heteroatoms. The van der Waals surface area contributed by atoms with Gasteiger partial charge in [-0.2, -0.15) is 0 Å². The lowest BCUT2D eigenvalue weighted by Gasteiger charge is -2.13. The minimum Gasteiger partial charge on any atom is -0.451 e. The van der Waals surface area contributed by atoms with E-state index in [-0.39, 0.29) is 12.5 Å². The maximum absolute atomic E-state index is 12.2. The summed E-state index contributed by atoms with van der Waals surface area (Å²) in [6.07, 6.45) is 11.7. The molecule has 3 rings (SSSR count). The topological polar surface area (TPSA) is 60.3 Å². The van der Waals surface area contributed by atoms with Crippen molar-refractivity contribution in [2.75, 3.05) is 13.2 Å². The number of ether oxygens (including phenoxy) is 1. The van der Waals surface area contributed by atoms with Gasteiger partial charge in [-0.25, -0.2) is 4.79 Å². The fourth-order valence-electron chi connectivity index (χ4n) is 2.90. The Morgan fingerprint density at radius 2 is 2.08 bits per heavy atom. The summed E-state index contributed by atoms with van der Waals surface area (Å²) in [5.41, 5.74) is 2.18. The maximum Gasteiger partial charge on any atom is 0.350 e. The largest absolute Gasteiger partial charge is 0.451 e. The highest BCUT2D eigenvalue weighted by molar-refractivity contribution is 7.12. The van der Waals surface area contributed by atoms with Crippen molar-refractivity contribution in [1.29, 1.82) is 0 Å². The van der Waals surface area contributed by atoms with Gasteiger partial charge in [0.1, 0.15) is 4.88 Å². The van der Waals surface area contributed by atoms with Crippen LogP contribution >= 0.6 is 11.3 Å². The highest BCUT2D eigenvalue weighted by Gasteiger charge is 2.17. The summed E-state index contributed by atoms with van der Waals surface area (Å²) in [5, 5.41) is 4.65. The monoisotopic (exact) mass is 358 g/mol. The quantitative estimate of drug-likeness (QED) is 0.606. The van der Waals surface area contributed by atoms with Gasteiger partial charge in [0.05, 0.1) is 5.69 Å². The van der Waals surface area contributed by atoms with Gasteiger partial charge >= 0.3 is 5.97 Å². The lowest BCUT2D eigenvalue weighted by molar-refractivity contribution is -0.124. The van der Waals surface area contributed by atoms with E-state index in [1.165, 1.54) is 29.8 Å². The van der Waals surface area contributed by atoms with Crippen LogP contribution in [-0.2, 0) is 9.53 Å². The Bertz CT molecular complexity index is 747. The first-order chi connectivity index (χ1) is 12.2. The molecule has 0 saturated carbocycles. The highest BCUT2D eigenvalue weighted by Crippen LogP contribution is 2.22. The van der Waals surface area contributed by atoms with Crippen LogP contribution in [0.1, 0.15) is 41.8 Å². The third-order valence-electron chi connectivity index (χ3n) is 4.20. The van der Waals surface area contributed by atoms with E-state index in [0.717, 1.165) is 24.9 Å². The molecule has 132 valence electrons. The van der Waals surface area contributed by atoms with Gasteiger partial charge in [-0.05, 0) is 55.7 Å². The molecule has 2 aromatic heterocycles. The van der Waals surface area contributed by atoms with E-state index in [4.69, 9.17) is 4.74 Å². The van der Waals surface area contributed by atoms with Crippen LogP contribution in [0, 0.1) is 0 Å². The van der Waals surface area contributed by atoms with E-state index in [1.54, 1.807) is 0 Å². The van der Waals surface area contributed by atoms with E-state index < -0.39 is 5.97 Å². The van der Waals surface area contributed by atoms with E-state index in [0.29, 0.717) is 11.4 Å². The summed E-state index contributed by atoms with van der Waals surface area (Å²) >= 11 is 1.31. The third kappa shape index (κ3) is 4.82. The standard InChI is InChI=1S/C19H22N2O3S/c22-17(20-10-8-15-6-2-1-3-7-15)14-24-19(23)18-16(9-13-25-18)21-11-4-5-12-21/h4-6,9,11-13H,1-3,7-8,10,14H2,(H,20,22). The highest BCUT2D eigenvalue weighted by atomic mass is 32.1. The molecular formula is C19H22N2O3S. The molecule has 5 nitrogen and oxygen atoms in total. The lowest BCUT2D eigenvalue weighted by Crippen LogP contribution is -2.29. The Labute approximate surface area is 151 Å². The van der Waals surface area contributed by atoms with Crippen LogP contribution in [0.15, 0.2) is 47.6 Å². The second kappa shape index (κ2) is 8.67. The molecule has 0 aromatic carbocycles. The Morgan fingerprint density at radius 1 is 1.24 bits per heavy atom. The number of aromatic nitrogens is 1. The first-order valence-corrected chi connectivity index (χ1v) is 9.44. The van der Waals surface area contributed by atoms with Crippen molar-refractivity contribution >= 4 is 23.2 Å². The number of carbonyl (C=O) groups excluding carboxylic acids is 2. The number of hydrogen-bond donors (Lipinski definition) is 1. The van der Waals surface area contributed by atoms with Crippen molar-refractivity contribution in [3.8, 4) is 5.69 Å². The molecular weight excluding hydrogens is 336 g/mol. The molecule has 0 fully saturated rings. The van der Waals surface area contributed by atoms with Gasteiger partial charge in [0, 0.05) is 18.9 Å². The summed E-state index contributed by atoms with van der Waals surface area (Å²) in [6, 6.07) is 5.64. The smallest absolute Gasteiger partial charge is 0.350 e.